The number of amides is 1. The van der Waals surface area contributed by atoms with Crippen LogP contribution in [-0.2, 0) is 4.79 Å². The van der Waals surface area contributed by atoms with E-state index in [0.29, 0.717) is 41.6 Å². The fourth-order valence-corrected chi connectivity index (χ4v) is 5.87. The summed E-state index contributed by atoms with van der Waals surface area (Å²) >= 11 is 12.6. The second-order valence-corrected chi connectivity index (χ2v) is 11.2. The van der Waals surface area contributed by atoms with Crippen molar-refractivity contribution < 1.29 is 9.90 Å². The van der Waals surface area contributed by atoms with E-state index in [1.807, 2.05) is 67.3 Å². The number of hydrogen-bond donors (Lipinski definition) is 1. The standard InChI is InChI=1S/C29H37Cl2NO2/c1-6-15-29(5)18-24(21-9-8-10-23(31)17-21)27(20-11-13-22(30)14-12-20)32(28(29)34)25(7-2)26(33)16-19(3)4/h6,8-14,17,19,24-27,33H,1,7,15-16,18H2,2-5H3/t24?,25?,26?,27-,29+/m1/s1. The van der Waals surface area contributed by atoms with E-state index in [1.165, 1.54) is 0 Å². The molecule has 1 aliphatic rings. The van der Waals surface area contributed by atoms with E-state index in [1.54, 1.807) is 0 Å². The van der Waals surface area contributed by atoms with Crippen molar-refractivity contribution in [3.63, 3.8) is 0 Å². The van der Waals surface area contributed by atoms with Gasteiger partial charge >= 0.3 is 0 Å². The minimum absolute atomic E-state index is 0.00262. The van der Waals surface area contributed by atoms with Gasteiger partial charge in [0.25, 0.3) is 0 Å². The van der Waals surface area contributed by atoms with Gasteiger partial charge in [0.05, 0.1) is 23.6 Å². The Morgan fingerprint density at radius 3 is 2.38 bits per heavy atom. The van der Waals surface area contributed by atoms with Crippen LogP contribution in [0.5, 0.6) is 0 Å². The van der Waals surface area contributed by atoms with Gasteiger partial charge in [0.1, 0.15) is 0 Å². The Morgan fingerprint density at radius 1 is 1.15 bits per heavy atom. The van der Waals surface area contributed by atoms with E-state index in [2.05, 4.69) is 26.5 Å². The van der Waals surface area contributed by atoms with E-state index in [-0.39, 0.29) is 23.9 Å². The number of aliphatic hydroxyl groups is 1. The molecule has 0 aromatic heterocycles. The summed E-state index contributed by atoms with van der Waals surface area (Å²) in [6, 6.07) is 15.1. The molecule has 0 saturated carbocycles. The number of nitrogens with zero attached hydrogens (tertiary/aromatic N) is 1. The number of aliphatic hydroxyl groups excluding tert-OH is 1. The Bertz CT molecular complexity index is 990. The topological polar surface area (TPSA) is 40.5 Å². The van der Waals surface area contributed by atoms with Crippen LogP contribution in [0.2, 0.25) is 10.0 Å². The SMILES string of the molecule is C=CC[C@@]1(C)CC(c2cccc(Cl)c2)[C@@H](c2ccc(Cl)cc2)N(C(CC)C(O)CC(C)C)C1=O. The minimum Gasteiger partial charge on any atom is -0.391 e. The Hall–Kier alpha value is -1.81. The van der Waals surface area contributed by atoms with Crippen molar-refractivity contribution in [3.05, 3.63) is 82.4 Å². The molecular weight excluding hydrogens is 465 g/mol. The van der Waals surface area contributed by atoms with Crippen LogP contribution in [0.1, 0.15) is 76.5 Å². The number of carbonyl (C=O) groups is 1. The quantitative estimate of drug-likeness (QED) is 0.355. The molecule has 0 spiro atoms. The highest BCUT2D eigenvalue weighted by Crippen LogP contribution is 2.52. The Kier molecular flexibility index (Phi) is 8.89. The third kappa shape index (κ3) is 5.70. The van der Waals surface area contributed by atoms with Crippen LogP contribution in [-0.4, -0.2) is 28.1 Å². The van der Waals surface area contributed by atoms with E-state index in [9.17, 15) is 9.90 Å². The highest BCUT2D eigenvalue weighted by molar-refractivity contribution is 6.30. The molecule has 5 atom stereocenters. The largest absolute Gasteiger partial charge is 0.391 e. The fourth-order valence-electron chi connectivity index (χ4n) is 5.55. The lowest BCUT2D eigenvalue weighted by Gasteiger charge is -2.53. The van der Waals surface area contributed by atoms with Crippen LogP contribution in [0.25, 0.3) is 0 Å². The third-order valence-corrected chi connectivity index (χ3v) is 7.60. The Morgan fingerprint density at radius 2 is 1.82 bits per heavy atom. The molecule has 1 fully saturated rings. The smallest absolute Gasteiger partial charge is 0.229 e. The number of likely N-dealkylation sites (tertiary alicyclic amines) is 1. The molecule has 2 aromatic carbocycles. The van der Waals surface area contributed by atoms with Crippen LogP contribution in [0.15, 0.2) is 61.2 Å². The molecule has 3 rings (SSSR count). The average molecular weight is 503 g/mol. The number of allylic oxidation sites excluding steroid dienone is 1. The van der Waals surface area contributed by atoms with E-state index in [0.717, 1.165) is 11.1 Å². The van der Waals surface area contributed by atoms with Crippen molar-refractivity contribution in [2.24, 2.45) is 11.3 Å². The summed E-state index contributed by atoms with van der Waals surface area (Å²) in [5.41, 5.74) is 1.48. The van der Waals surface area contributed by atoms with Gasteiger partial charge in [-0.25, -0.2) is 0 Å². The normalized spacial score (nSPS) is 24.8. The minimum atomic E-state index is -0.622. The zero-order valence-corrected chi connectivity index (χ0v) is 22.2. The first-order valence-electron chi connectivity index (χ1n) is 12.2. The summed E-state index contributed by atoms with van der Waals surface area (Å²) in [4.78, 5) is 16.2. The van der Waals surface area contributed by atoms with Gasteiger partial charge in [-0.1, -0.05) is 81.2 Å². The van der Waals surface area contributed by atoms with E-state index in [4.69, 9.17) is 23.2 Å². The van der Waals surface area contributed by atoms with Gasteiger partial charge in [-0.2, -0.15) is 0 Å². The summed E-state index contributed by atoms with van der Waals surface area (Å²) in [5.74, 6) is 0.393. The highest BCUT2D eigenvalue weighted by atomic mass is 35.5. The van der Waals surface area contributed by atoms with E-state index < -0.39 is 11.5 Å². The van der Waals surface area contributed by atoms with Crippen molar-refractivity contribution in [1.29, 1.82) is 0 Å². The molecule has 184 valence electrons. The summed E-state index contributed by atoms with van der Waals surface area (Å²) < 4.78 is 0. The van der Waals surface area contributed by atoms with Crippen molar-refractivity contribution in [3.8, 4) is 0 Å². The molecule has 5 heteroatoms. The summed E-state index contributed by atoms with van der Waals surface area (Å²) in [6.07, 6.45) is 3.75. The van der Waals surface area contributed by atoms with Gasteiger partial charge in [-0.15, -0.1) is 6.58 Å². The molecule has 3 nitrogen and oxygen atoms in total. The van der Waals surface area contributed by atoms with Crippen molar-refractivity contribution >= 4 is 29.1 Å². The summed E-state index contributed by atoms with van der Waals surface area (Å²) in [6.45, 7) is 12.2. The van der Waals surface area contributed by atoms with Crippen LogP contribution in [0.3, 0.4) is 0 Å². The van der Waals surface area contributed by atoms with Gasteiger partial charge in [0.2, 0.25) is 5.91 Å². The summed E-state index contributed by atoms with van der Waals surface area (Å²) in [7, 11) is 0. The number of carbonyl (C=O) groups excluding carboxylic acids is 1. The van der Waals surface area contributed by atoms with Crippen LogP contribution in [0.4, 0.5) is 0 Å². The number of benzene rings is 2. The summed E-state index contributed by atoms with van der Waals surface area (Å²) in [5, 5.41) is 12.6. The number of rotatable bonds is 9. The van der Waals surface area contributed by atoms with Gasteiger partial charge < -0.3 is 10.0 Å². The molecule has 3 unspecified atom stereocenters. The number of halogens is 2. The monoisotopic (exact) mass is 501 g/mol. The molecule has 1 saturated heterocycles. The third-order valence-electron chi connectivity index (χ3n) is 7.12. The molecule has 1 heterocycles. The van der Waals surface area contributed by atoms with Crippen molar-refractivity contribution in [2.45, 2.75) is 77.5 Å². The lowest BCUT2D eigenvalue weighted by Crippen LogP contribution is -2.58. The molecule has 0 aliphatic carbocycles. The predicted molar refractivity (Wildman–Crippen MR) is 142 cm³/mol. The molecule has 0 radical (unpaired) electrons. The van der Waals surface area contributed by atoms with Crippen molar-refractivity contribution in [2.75, 3.05) is 0 Å². The van der Waals surface area contributed by atoms with Crippen LogP contribution < -0.4 is 0 Å². The first-order valence-corrected chi connectivity index (χ1v) is 13.0. The average Bonchev–Trinajstić information content (AvgIpc) is 2.77. The number of hydrogen-bond acceptors (Lipinski definition) is 2. The van der Waals surface area contributed by atoms with Gasteiger partial charge in [0, 0.05) is 16.0 Å². The maximum absolute atomic E-state index is 14.2. The zero-order valence-electron chi connectivity index (χ0n) is 20.7. The molecule has 34 heavy (non-hydrogen) atoms. The maximum Gasteiger partial charge on any atom is 0.229 e. The van der Waals surface area contributed by atoms with Crippen LogP contribution in [0, 0.1) is 11.3 Å². The lowest BCUT2D eigenvalue weighted by molar-refractivity contribution is -0.158. The highest BCUT2D eigenvalue weighted by Gasteiger charge is 2.51. The molecule has 1 aliphatic heterocycles. The Balaban J connectivity index is 2.23. The zero-order chi connectivity index (χ0) is 25.0. The first-order chi connectivity index (χ1) is 16.1. The molecular formula is C29H37Cl2NO2. The second kappa shape index (κ2) is 11.3. The van der Waals surface area contributed by atoms with Crippen molar-refractivity contribution in [1.82, 2.24) is 4.90 Å². The molecule has 1 N–H and O–H groups in total. The van der Waals surface area contributed by atoms with Gasteiger partial charge in [-0.05, 0) is 67.0 Å². The second-order valence-electron chi connectivity index (χ2n) is 10.3. The maximum atomic E-state index is 14.2. The molecule has 1 amide bonds. The fraction of sp³-hybridized carbons (Fsp3) is 0.483. The first kappa shape index (κ1) is 26.8. The Labute approximate surface area is 214 Å². The lowest BCUT2D eigenvalue weighted by atomic mass is 9.66. The van der Waals surface area contributed by atoms with E-state index >= 15 is 0 Å². The molecule has 0 bridgehead atoms. The number of piperidine rings is 1. The van der Waals surface area contributed by atoms with Gasteiger partial charge in [-0.3, -0.25) is 4.79 Å². The predicted octanol–water partition coefficient (Wildman–Crippen LogP) is 7.82. The van der Waals surface area contributed by atoms with Crippen LogP contribution >= 0.6 is 23.2 Å². The molecule has 2 aromatic rings. The van der Waals surface area contributed by atoms with Gasteiger partial charge in [0.15, 0.2) is 0 Å².